The van der Waals surface area contributed by atoms with E-state index >= 15 is 0 Å². The second-order valence-corrected chi connectivity index (χ2v) is 2.88. The van der Waals surface area contributed by atoms with Crippen molar-refractivity contribution in [1.29, 1.82) is 0 Å². The fourth-order valence-corrected chi connectivity index (χ4v) is 1.11. The van der Waals surface area contributed by atoms with Gasteiger partial charge in [0.2, 0.25) is 0 Å². The first-order valence-electron chi connectivity index (χ1n) is 4.35. The Morgan fingerprint density at radius 3 is 2.69 bits per heavy atom. The van der Waals surface area contributed by atoms with Crippen molar-refractivity contribution in [1.82, 2.24) is 0 Å². The molecule has 6 heteroatoms. The van der Waals surface area contributed by atoms with Gasteiger partial charge in [-0.1, -0.05) is 12.1 Å². The van der Waals surface area contributed by atoms with Crippen molar-refractivity contribution >= 4 is 5.97 Å². The fourth-order valence-electron chi connectivity index (χ4n) is 1.11. The van der Waals surface area contributed by atoms with Crippen molar-refractivity contribution in [3.63, 3.8) is 0 Å². The van der Waals surface area contributed by atoms with Crippen molar-refractivity contribution < 1.29 is 28.2 Å². The average Bonchev–Trinajstić information content (AvgIpc) is 2.26. The van der Waals surface area contributed by atoms with Crippen LogP contribution in [0.25, 0.3) is 0 Å². The third-order valence-corrected chi connectivity index (χ3v) is 1.82. The van der Waals surface area contributed by atoms with Gasteiger partial charge in [0, 0.05) is 0 Å². The summed E-state index contributed by atoms with van der Waals surface area (Å²) >= 11 is 0. The monoisotopic (exact) mass is 232 g/mol. The minimum Gasteiger partial charge on any atom is -0.467 e. The van der Waals surface area contributed by atoms with E-state index in [1.165, 1.54) is 18.2 Å². The Kier molecular flexibility index (Phi) is 4.19. The molecule has 1 atom stereocenters. The molecule has 1 aromatic carbocycles. The van der Waals surface area contributed by atoms with Crippen molar-refractivity contribution in [3.8, 4) is 5.75 Å². The van der Waals surface area contributed by atoms with Gasteiger partial charge >= 0.3 is 12.6 Å². The molecule has 0 heterocycles. The van der Waals surface area contributed by atoms with Crippen molar-refractivity contribution in [3.05, 3.63) is 29.8 Å². The molecule has 0 amide bonds. The second-order valence-electron chi connectivity index (χ2n) is 2.88. The molecular weight excluding hydrogens is 222 g/mol. The van der Waals surface area contributed by atoms with E-state index in [-0.39, 0.29) is 11.3 Å². The van der Waals surface area contributed by atoms with Crippen LogP contribution in [0.5, 0.6) is 5.75 Å². The van der Waals surface area contributed by atoms with E-state index in [0.717, 1.165) is 13.2 Å². The largest absolute Gasteiger partial charge is 0.467 e. The number of methoxy groups -OCH3 is 1. The predicted molar refractivity (Wildman–Crippen MR) is 50.0 cm³/mol. The highest BCUT2D eigenvalue weighted by molar-refractivity contribution is 5.76. The van der Waals surface area contributed by atoms with Gasteiger partial charge in [0.1, 0.15) is 5.75 Å². The third kappa shape index (κ3) is 3.16. The van der Waals surface area contributed by atoms with Crippen LogP contribution >= 0.6 is 0 Å². The SMILES string of the molecule is COC(=O)[C@@H](O)c1cccc(OC(F)F)c1. The Labute approximate surface area is 90.4 Å². The van der Waals surface area contributed by atoms with Gasteiger partial charge < -0.3 is 14.6 Å². The van der Waals surface area contributed by atoms with Crippen LogP contribution in [0, 0.1) is 0 Å². The van der Waals surface area contributed by atoms with Gasteiger partial charge in [-0.3, -0.25) is 0 Å². The Hall–Kier alpha value is -1.69. The molecule has 16 heavy (non-hydrogen) atoms. The highest BCUT2D eigenvalue weighted by Gasteiger charge is 2.18. The van der Waals surface area contributed by atoms with Crippen LogP contribution in [-0.4, -0.2) is 24.8 Å². The van der Waals surface area contributed by atoms with E-state index in [1.807, 2.05) is 0 Å². The maximum absolute atomic E-state index is 11.9. The van der Waals surface area contributed by atoms with Gasteiger partial charge in [-0.15, -0.1) is 0 Å². The molecule has 0 bridgehead atoms. The van der Waals surface area contributed by atoms with Crippen LogP contribution in [0.1, 0.15) is 11.7 Å². The van der Waals surface area contributed by atoms with Gasteiger partial charge in [0.25, 0.3) is 0 Å². The number of hydrogen-bond donors (Lipinski definition) is 1. The lowest BCUT2D eigenvalue weighted by Gasteiger charge is -2.10. The highest BCUT2D eigenvalue weighted by atomic mass is 19.3. The molecule has 0 aliphatic rings. The van der Waals surface area contributed by atoms with Crippen molar-refractivity contribution in [2.24, 2.45) is 0 Å². The first kappa shape index (κ1) is 12.4. The number of hydrogen-bond acceptors (Lipinski definition) is 4. The molecule has 0 saturated heterocycles. The zero-order valence-electron chi connectivity index (χ0n) is 8.39. The molecule has 0 saturated carbocycles. The molecule has 0 aromatic heterocycles. The first-order valence-corrected chi connectivity index (χ1v) is 4.35. The molecule has 88 valence electrons. The minimum absolute atomic E-state index is 0.129. The number of carbonyl (C=O) groups excluding carboxylic acids is 1. The van der Waals surface area contributed by atoms with E-state index < -0.39 is 18.7 Å². The van der Waals surface area contributed by atoms with Crippen molar-refractivity contribution in [2.75, 3.05) is 7.11 Å². The summed E-state index contributed by atoms with van der Waals surface area (Å²) in [5.74, 6) is -0.996. The standard InChI is InChI=1S/C10H10F2O4/c1-15-9(14)8(13)6-3-2-4-7(5-6)16-10(11)12/h2-5,8,10,13H,1H3/t8-/m0/s1. The van der Waals surface area contributed by atoms with E-state index in [2.05, 4.69) is 9.47 Å². The van der Waals surface area contributed by atoms with E-state index in [1.54, 1.807) is 0 Å². The predicted octanol–water partition coefficient (Wildman–Crippen LogP) is 1.49. The summed E-state index contributed by atoms with van der Waals surface area (Å²) in [6.07, 6.45) is -1.51. The molecule has 0 fully saturated rings. The lowest BCUT2D eigenvalue weighted by atomic mass is 10.1. The molecular formula is C10H10F2O4. The number of esters is 1. The summed E-state index contributed by atoms with van der Waals surface area (Å²) in [6, 6.07) is 5.23. The first-order chi connectivity index (χ1) is 7.54. The molecule has 1 rings (SSSR count). The summed E-state index contributed by atoms with van der Waals surface area (Å²) < 4.78 is 32.2. The average molecular weight is 232 g/mol. The van der Waals surface area contributed by atoms with E-state index in [0.29, 0.717) is 0 Å². The van der Waals surface area contributed by atoms with Crippen LogP contribution in [-0.2, 0) is 9.53 Å². The summed E-state index contributed by atoms with van der Waals surface area (Å²) in [5.41, 5.74) is 0.130. The van der Waals surface area contributed by atoms with Gasteiger partial charge in [-0.2, -0.15) is 8.78 Å². The number of benzene rings is 1. The lowest BCUT2D eigenvalue weighted by Crippen LogP contribution is -2.13. The molecule has 0 aliphatic carbocycles. The summed E-state index contributed by atoms with van der Waals surface area (Å²) in [7, 11) is 1.12. The van der Waals surface area contributed by atoms with Crippen LogP contribution in [0.4, 0.5) is 8.78 Å². The van der Waals surface area contributed by atoms with Crippen LogP contribution in [0.2, 0.25) is 0 Å². The van der Waals surface area contributed by atoms with Gasteiger partial charge in [-0.05, 0) is 17.7 Å². The van der Waals surface area contributed by atoms with Gasteiger partial charge in [-0.25, -0.2) is 4.79 Å². The summed E-state index contributed by atoms with van der Waals surface area (Å²) in [4.78, 5) is 11.0. The van der Waals surface area contributed by atoms with Crippen LogP contribution in [0.15, 0.2) is 24.3 Å². The third-order valence-electron chi connectivity index (χ3n) is 1.82. The number of ether oxygens (including phenoxy) is 2. The quantitative estimate of drug-likeness (QED) is 0.799. The molecule has 0 radical (unpaired) electrons. The number of aliphatic hydroxyl groups excluding tert-OH is 1. The van der Waals surface area contributed by atoms with Gasteiger partial charge in [0.15, 0.2) is 6.10 Å². The Morgan fingerprint density at radius 2 is 2.12 bits per heavy atom. The maximum Gasteiger partial charge on any atom is 0.387 e. The maximum atomic E-state index is 11.9. The topological polar surface area (TPSA) is 55.8 Å². The second kappa shape index (κ2) is 5.41. The number of halogens is 2. The smallest absolute Gasteiger partial charge is 0.387 e. The summed E-state index contributed by atoms with van der Waals surface area (Å²) in [5, 5.41) is 9.43. The van der Waals surface area contributed by atoms with Gasteiger partial charge in [0.05, 0.1) is 7.11 Å². The lowest BCUT2D eigenvalue weighted by molar-refractivity contribution is -0.150. The number of rotatable bonds is 4. The van der Waals surface area contributed by atoms with Crippen molar-refractivity contribution in [2.45, 2.75) is 12.7 Å². The zero-order valence-corrected chi connectivity index (χ0v) is 8.39. The molecule has 0 unspecified atom stereocenters. The minimum atomic E-state index is -2.95. The Balaban J connectivity index is 2.85. The normalized spacial score (nSPS) is 12.3. The molecule has 0 spiro atoms. The zero-order chi connectivity index (χ0) is 12.1. The fraction of sp³-hybridized carbons (Fsp3) is 0.300. The van der Waals surface area contributed by atoms with Crippen LogP contribution < -0.4 is 4.74 Å². The highest BCUT2D eigenvalue weighted by Crippen LogP contribution is 2.21. The summed E-state index contributed by atoms with van der Waals surface area (Å²) in [6.45, 7) is -2.95. The number of aliphatic hydroxyl groups is 1. The Morgan fingerprint density at radius 1 is 1.44 bits per heavy atom. The molecule has 1 N–H and O–H groups in total. The van der Waals surface area contributed by atoms with E-state index in [9.17, 15) is 18.7 Å². The van der Waals surface area contributed by atoms with E-state index in [4.69, 9.17) is 0 Å². The molecule has 0 aliphatic heterocycles. The molecule has 4 nitrogen and oxygen atoms in total. The Bertz CT molecular complexity index is 368. The van der Waals surface area contributed by atoms with Crippen LogP contribution in [0.3, 0.4) is 0 Å². The molecule has 1 aromatic rings. The number of alkyl halides is 2. The number of carbonyl (C=O) groups is 1.